The highest BCUT2D eigenvalue weighted by molar-refractivity contribution is 7.92. The molecule has 1 amide bonds. The smallest absolute Gasteiger partial charge is 0.349 e. The first-order valence-corrected chi connectivity index (χ1v) is 13.7. The molecule has 1 saturated carbocycles. The predicted octanol–water partition coefficient (Wildman–Crippen LogP) is 4.28. The number of carbonyl (C=O) groups excluding carboxylic acids is 1. The van der Waals surface area contributed by atoms with Crippen LogP contribution in [-0.2, 0) is 25.9 Å². The summed E-state index contributed by atoms with van der Waals surface area (Å²) in [7, 11) is -7.45. The van der Waals surface area contributed by atoms with Gasteiger partial charge < -0.3 is 5.32 Å². The Labute approximate surface area is 195 Å². The summed E-state index contributed by atoms with van der Waals surface area (Å²) in [5.41, 5.74) is -0.939. The molecule has 0 saturated heterocycles. The van der Waals surface area contributed by atoms with E-state index in [9.17, 15) is 34.8 Å². The molecular formula is C21H21ClF3NO5S2. The number of rotatable bonds is 5. The van der Waals surface area contributed by atoms with Crippen molar-refractivity contribution in [2.24, 2.45) is 0 Å². The SMILES string of the molecule is CS(=O)(=O)c1ccc(C(=O)NC2CCC(S(=O)(=O)c3cccc(C(F)(F)F)c3)CC2)c(Cl)c1. The van der Waals surface area contributed by atoms with Gasteiger partial charge in [0.25, 0.3) is 5.91 Å². The second kappa shape index (κ2) is 9.27. The maximum atomic E-state index is 12.9. The Balaban J connectivity index is 1.66. The van der Waals surface area contributed by atoms with E-state index in [4.69, 9.17) is 11.6 Å². The van der Waals surface area contributed by atoms with Crippen LogP contribution in [0, 0.1) is 0 Å². The Morgan fingerprint density at radius 1 is 0.970 bits per heavy atom. The number of hydrogen-bond donors (Lipinski definition) is 1. The van der Waals surface area contributed by atoms with Crippen molar-refractivity contribution in [2.45, 2.75) is 52.9 Å². The first-order chi connectivity index (χ1) is 15.2. The Kier molecular flexibility index (Phi) is 7.16. The van der Waals surface area contributed by atoms with E-state index in [0.717, 1.165) is 24.5 Å². The van der Waals surface area contributed by atoms with Crippen LogP contribution in [0.2, 0.25) is 5.02 Å². The first-order valence-electron chi connectivity index (χ1n) is 9.91. The molecule has 1 aliphatic rings. The predicted molar refractivity (Wildman–Crippen MR) is 117 cm³/mol. The van der Waals surface area contributed by atoms with Crippen LogP contribution in [-0.4, -0.2) is 40.3 Å². The van der Waals surface area contributed by atoms with Gasteiger partial charge in [-0.3, -0.25) is 4.79 Å². The fourth-order valence-electron chi connectivity index (χ4n) is 3.73. The lowest BCUT2D eigenvalue weighted by molar-refractivity contribution is -0.137. The van der Waals surface area contributed by atoms with Gasteiger partial charge in [-0.05, 0) is 62.1 Å². The van der Waals surface area contributed by atoms with E-state index in [2.05, 4.69) is 5.32 Å². The summed E-state index contributed by atoms with van der Waals surface area (Å²) in [6.45, 7) is 0. The van der Waals surface area contributed by atoms with Gasteiger partial charge in [0, 0.05) is 12.3 Å². The molecule has 3 rings (SSSR count). The van der Waals surface area contributed by atoms with Crippen molar-refractivity contribution in [3.05, 3.63) is 58.6 Å². The van der Waals surface area contributed by atoms with Crippen molar-refractivity contribution in [3.63, 3.8) is 0 Å². The van der Waals surface area contributed by atoms with Crippen LogP contribution in [0.15, 0.2) is 52.3 Å². The van der Waals surface area contributed by atoms with Crippen LogP contribution in [0.5, 0.6) is 0 Å². The van der Waals surface area contributed by atoms with Crippen molar-refractivity contribution in [2.75, 3.05) is 6.26 Å². The maximum Gasteiger partial charge on any atom is 0.416 e. The van der Waals surface area contributed by atoms with Gasteiger partial charge in [0.1, 0.15) is 0 Å². The fraction of sp³-hybridized carbons (Fsp3) is 0.381. The van der Waals surface area contributed by atoms with Crippen LogP contribution >= 0.6 is 11.6 Å². The molecule has 0 atom stereocenters. The third-order valence-electron chi connectivity index (χ3n) is 5.55. The minimum absolute atomic E-state index is 0.0237. The van der Waals surface area contributed by atoms with Crippen molar-refractivity contribution in [3.8, 4) is 0 Å². The minimum atomic E-state index is -4.64. The quantitative estimate of drug-likeness (QED) is 0.631. The number of amides is 1. The fourth-order valence-corrected chi connectivity index (χ4v) is 6.55. The summed E-state index contributed by atoms with van der Waals surface area (Å²) in [6.07, 6.45) is -2.66. The molecule has 0 unspecified atom stereocenters. The molecule has 1 N–H and O–H groups in total. The molecule has 12 heteroatoms. The number of nitrogens with one attached hydrogen (secondary N) is 1. The number of benzene rings is 2. The molecule has 2 aromatic carbocycles. The number of halogens is 4. The Hall–Kier alpha value is -2.11. The summed E-state index contributed by atoms with van der Waals surface area (Å²) in [6, 6.07) is 7.10. The van der Waals surface area contributed by atoms with Crippen molar-refractivity contribution in [1.29, 1.82) is 0 Å². The van der Waals surface area contributed by atoms with Crippen LogP contribution in [0.4, 0.5) is 13.2 Å². The summed E-state index contributed by atoms with van der Waals surface area (Å²) in [4.78, 5) is 12.2. The first kappa shape index (κ1) is 25.5. The number of hydrogen-bond acceptors (Lipinski definition) is 5. The average Bonchev–Trinajstić information content (AvgIpc) is 2.73. The summed E-state index contributed by atoms with van der Waals surface area (Å²) >= 11 is 6.06. The standard InChI is InChI=1S/C21H21ClF3NO5S2/c1-32(28,29)16-9-10-18(19(22)12-16)20(27)26-14-5-7-15(8-6-14)33(30,31)17-4-2-3-13(11-17)21(23,24)25/h2-4,9-12,14-15H,5-8H2,1H3,(H,26,27). The second-order valence-electron chi connectivity index (χ2n) is 7.93. The van der Waals surface area contributed by atoms with Crippen molar-refractivity contribution < 1.29 is 34.8 Å². The van der Waals surface area contributed by atoms with Gasteiger partial charge in [-0.15, -0.1) is 0 Å². The molecule has 1 fully saturated rings. The minimum Gasteiger partial charge on any atom is -0.349 e. The lowest BCUT2D eigenvalue weighted by Crippen LogP contribution is -2.40. The molecule has 0 radical (unpaired) electrons. The van der Waals surface area contributed by atoms with Gasteiger partial charge in [0.2, 0.25) is 0 Å². The molecule has 0 spiro atoms. The highest BCUT2D eigenvalue weighted by Gasteiger charge is 2.35. The summed E-state index contributed by atoms with van der Waals surface area (Å²) < 4.78 is 87.7. The third kappa shape index (κ3) is 5.88. The molecule has 2 aromatic rings. The van der Waals surface area contributed by atoms with E-state index in [1.165, 1.54) is 18.2 Å². The average molecular weight is 524 g/mol. The van der Waals surface area contributed by atoms with E-state index >= 15 is 0 Å². The Morgan fingerprint density at radius 3 is 2.15 bits per heavy atom. The highest BCUT2D eigenvalue weighted by atomic mass is 35.5. The zero-order valence-electron chi connectivity index (χ0n) is 17.4. The highest BCUT2D eigenvalue weighted by Crippen LogP contribution is 2.34. The molecule has 33 heavy (non-hydrogen) atoms. The topological polar surface area (TPSA) is 97.4 Å². The van der Waals surface area contributed by atoms with Gasteiger partial charge in [0.05, 0.1) is 31.2 Å². The van der Waals surface area contributed by atoms with Crippen LogP contribution in [0.25, 0.3) is 0 Å². The summed E-state index contributed by atoms with van der Waals surface area (Å²) in [5.74, 6) is -0.524. The molecule has 0 aromatic heterocycles. The second-order valence-corrected chi connectivity index (χ2v) is 12.6. The normalized spacial score (nSPS) is 19.8. The molecule has 0 bridgehead atoms. The Morgan fingerprint density at radius 2 is 1.61 bits per heavy atom. The van der Waals surface area contributed by atoms with Gasteiger partial charge in [-0.1, -0.05) is 17.7 Å². The van der Waals surface area contributed by atoms with Gasteiger partial charge in [-0.2, -0.15) is 13.2 Å². The van der Waals surface area contributed by atoms with Crippen LogP contribution < -0.4 is 5.32 Å². The monoisotopic (exact) mass is 523 g/mol. The lowest BCUT2D eigenvalue weighted by Gasteiger charge is -2.29. The van der Waals surface area contributed by atoms with Crippen molar-refractivity contribution >= 4 is 37.2 Å². The molecular weight excluding hydrogens is 503 g/mol. The van der Waals surface area contributed by atoms with E-state index in [-0.39, 0.29) is 39.3 Å². The summed E-state index contributed by atoms with van der Waals surface area (Å²) in [5, 5.41) is 1.87. The van der Waals surface area contributed by atoms with Crippen LogP contribution in [0.3, 0.4) is 0 Å². The largest absolute Gasteiger partial charge is 0.416 e. The maximum absolute atomic E-state index is 12.9. The number of sulfone groups is 2. The van der Waals surface area contributed by atoms with Gasteiger partial charge >= 0.3 is 6.18 Å². The molecule has 180 valence electrons. The van der Waals surface area contributed by atoms with Gasteiger partial charge in [0.15, 0.2) is 19.7 Å². The molecule has 0 aliphatic heterocycles. The van der Waals surface area contributed by atoms with E-state index in [1.807, 2.05) is 0 Å². The lowest BCUT2D eigenvalue weighted by atomic mass is 9.94. The van der Waals surface area contributed by atoms with E-state index in [0.29, 0.717) is 18.9 Å². The van der Waals surface area contributed by atoms with E-state index in [1.54, 1.807) is 0 Å². The number of carbonyl (C=O) groups is 1. The zero-order chi connectivity index (χ0) is 24.6. The van der Waals surface area contributed by atoms with Crippen molar-refractivity contribution in [1.82, 2.24) is 5.32 Å². The van der Waals surface area contributed by atoms with Gasteiger partial charge in [-0.25, -0.2) is 16.8 Å². The number of alkyl halides is 3. The molecule has 0 heterocycles. The molecule has 1 aliphatic carbocycles. The van der Waals surface area contributed by atoms with E-state index < -0.39 is 42.6 Å². The zero-order valence-corrected chi connectivity index (χ0v) is 19.8. The Bertz CT molecular complexity index is 1270. The van der Waals surface area contributed by atoms with Crippen LogP contribution in [0.1, 0.15) is 41.6 Å². The molecule has 6 nitrogen and oxygen atoms in total. The third-order valence-corrected chi connectivity index (χ3v) is 9.23.